The van der Waals surface area contributed by atoms with E-state index in [0.717, 1.165) is 26.2 Å². The maximum Gasteiger partial charge on any atom is 0.345 e. The number of nitrogens with zero attached hydrogens (tertiary/aromatic N) is 8. The molecule has 11 rings (SSSR count). The van der Waals surface area contributed by atoms with Crippen LogP contribution in [0.1, 0.15) is 22.4 Å². The highest BCUT2D eigenvalue weighted by molar-refractivity contribution is 7.89. The molecule has 3 atom stereocenters. The monoisotopic (exact) mass is 1090 g/mol. The average molecular weight is 1090 g/mol. The first-order valence-electron chi connectivity index (χ1n) is 24.3. The Labute approximate surface area is 441 Å². The highest BCUT2D eigenvalue weighted by atomic mass is 35.5. The number of ether oxygens (including phenoxy) is 6. The van der Waals surface area contributed by atoms with Crippen molar-refractivity contribution in [2.75, 3.05) is 103 Å². The highest BCUT2D eigenvalue weighted by Crippen LogP contribution is 2.53. The van der Waals surface area contributed by atoms with Crippen molar-refractivity contribution in [1.29, 1.82) is 0 Å². The standard InChI is InChI=1S/C51H55Cl2FN8O10S2/c1-30-41-31(2)45(53)46(44(30)52)71-37(24-60-14-12-59(3)13-15-60)27-69-36-8-9-39(70-25-35-10-11-55-51(58-35)61-16-18-62(19-17-61)74(65,66)28-38-26-67-20-21-68-38)33(22-36)23-40(50(63)64)72-48-43-42(41)47(73-49(43)57-29-56-48)32-4-6-34(54)7-5-32/h4-11,22,29,37-38,40H,12-21,23-28H2,1-3H3,(H,63,64)/t37-,38?,40-/m1/s1. The minimum absolute atomic E-state index is 0.000371. The fourth-order valence-corrected chi connectivity index (χ4v) is 12.9. The number of hydrogen-bond donors (Lipinski definition) is 1. The topological polar surface area (TPSA) is 191 Å². The molecule has 8 heterocycles. The van der Waals surface area contributed by atoms with Crippen LogP contribution in [0.4, 0.5) is 10.3 Å². The molecule has 3 fully saturated rings. The van der Waals surface area contributed by atoms with Crippen LogP contribution in [0.15, 0.2) is 61.1 Å². The van der Waals surface area contributed by atoms with E-state index < -0.39 is 40.1 Å². The molecular formula is C51H55Cl2FN8O10S2. The van der Waals surface area contributed by atoms with E-state index in [9.17, 15) is 22.7 Å². The van der Waals surface area contributed by atoms with Gasteiger partial charge in [0.25, 0.3) is 0 Å². The van der Waals surface area contributed by atoms with Crippen LogP contribution in [-0.2, 0) is 37.3 Å². The van der Waals surface area contributed by atoms with E-state index in [0.29, 0.717) is 110 Å². The van der Waals surface area contributed by atoms with E-state index in [4.69, 9.17) is 56.6 Å². The van der Waals surface area contributed by atoms with Crippen LogP contribution < -0.4 is 23.8 Å². The summed E-state index contributed by atoms with van der Waals surface area (Å²) in [5, 5.41) is 11.9. The van der Waals surface area contributed by atoms with Crippen molar-refractivity contribution >= 4 is 66.7 Å². The van der Waals surface area contributed by atoms with Gasteiger partial charge in [-0.05, 0) is 79.5 Å². The number of benzene rings is 3. The number of aromatic nitrogens is 4. The summed E-state index contributed by atoms with van der Waals surface area (Å²) in [6.07, 6.45) is 0.168. The van der Waals surface area contributed by atoms with Crippen molar-refractivity contribution in [3.8, 4) is 44.7 Å². The Morgan fingerprint density at radius 3 is 2.36 bits per heavy atom. The Bertz CT molecular complexity index is 3110. The van der Waals surface area contributed by atoms with Gasteiger partial charge in [0, 0.05) is 87.5 Å². The molecule has 4 bridgehead atoms. The molecule has 0 spiro atoms. The van der Waals surface area contributed by atoms with Gasteiger partial charge in [0.2, 0.25) is 28.0 Å². The maximum absolute atomic E-state index is 14.4. The van der Waals surface area contributed by atoms with Gasteiger partial charge in [0.05, 0.1) is 52.8 Å². The zero-order valence-corrected chi connectivity index (χ0v) is 44.1. The second-order valence-corrected chi connectivity index (χ2v) is 22.5. The number of anilines is 1. The lowest BCUT2D eigenvalue weighted by Crippen LogP contribution is -2.51. The molecule has 0 aliphatic carbocycles. The Hall–Kier alpha value is -5.49. The van der Waals surface area contributed by atoms with Crippen LogP contribution in [0.25, 0.3) is 31.8 Å². The molecule has 0 radical (unpaired) electrons. The summed E-state index contributed by atoms with van der Waals surface area (Å²) in [5.41, 5.74) is 4.16. The van der Waals surface area contributed by atoms with Crippen molar-refractivity contribution < 1.29 is 51.1 Å². The number of carboxylic acid groups (broad SMARTS) is 1. The molecule has 1 N–H and O–H groups in total. The normalized spacial score (nSPS) is 20.4. The third kappa shape index (κ3) is 11.4. The molecule has 18 nitrogen and oxygen atoms in total. The number of carboxylic acids is 1. The van der Waals surface area contributed by atoms with E-state index >= 15 is 0 Å². The van der Waals surface area contributed by atoms with Crippen LogP contribution in [-0.4, -0.2) is 170 Å². The first-order valence-corrected chi connectivity index (χ1v) is 27.5. The molecule has 23 heteroatoms. The highest BCUT2D eigenvalue weighted by Gasteiger charge is 2.34. The number of sulfonamides is 1. The fraction of sp³-hybridized carbons (Fsp3) is 0.431. The third-order valence-electron chi connectivity index (χ3n) is 13.6. The summed E-state index contributed by atoms with van der Waals surface area (Å²) in [5.74, 6) is -0.334. The number of carbonyl (C=O) groups is 1. The Kier molecular flexibility index (Phi) is 15.7. The second-order valence-electron chi connectivity index (χ2n) is 18.7. The molecule has 3 saturated heterocycles. The zero-order valence-electron chi connectivity index (χ0n) is 41.0. The van der Waals surface area contributed by atoms with Gasteiger partial charge in [0.1, 0.15) is 47.8 Å². The van der Waals surface area contributed by atoms with E-state index in [1.165, 1.54) is 34.1 Å². The van der Waals surface area contributed by atoms with Gasteiger partial charge < -0.3 is 43.3 Å². The van der Waals surface area contributed by atoms with E-state index in [2.05, 4.69) is 31.8 Å². The summed E-state index contributed by atoms with van der Waals surface area (Å²) >= 11 is 16.0. The van der Waals surface area contributed by atoms with Gasteiger partial charge in [-0.15, -0.1) is 11.3 Å². The molecule has 0 amide bonds. The Balaban J connectivity index is 0.983. The number of halogens is 3. The number of aliphatic carboxylic acids is 1. The van der Waals surface area contributed by atoms with Crippen LogP contribution in [0, 0.1) is 19.7 Å². The van der Waals surface area contributed by atoms with Crippen molar-refractivity contribution in [3.63, 3.8) is 0 Å². The number of rotatable bonds is 11. The minimum Gasteiger partial charge on any atom is -0.490 e. The van der Waals surface area contributed by atoms with Crippen LogP contribution in [0.5, 0.6) is 23.1 Å². The smallest absolute Gasteiger partial charge is 0.345 e. The maximum atomic E-state index is 14.4. The molecule has 5 aliphatic heterocycles. The molecule has 0 saturated carbocycles. The summed E-state index contributed by atoms with van der Waals surface area (Å²) in [6.45, 7) is 9.99. The van der Waals surface area contributed by atoms with Gasteiger partial charge in [-0.25, -0.2) is 37.5 Å². The fourth-order valence-electron chi connectivity index (χ4n) is 9.62. The molecule has 392 valence electrons. The Morgan fingerprint density at radius 2 is 1.65 bits per heavy atom. The number of hydrogen-bond acceptors (Lipinski definition) is 17. The molecule has 6 aromatic rings. The van der Waals surface area contributed by atoms with Crippen molar-refractivity contribution in [1.82, 2.24) is 34.0 Å². The first-order chi connectivity index (χ1) is 35.7. The lowest BCUT2D eigenvalue weighted by Gasteiger charge is -2.35. The Morgan fingerprint density at radius 1 is 0.892 bits per heavy atom. The molecular weight excluding hydrogens is 1040 g/mol. The van der Waals surface area contributed by atoms with E-state index in [1.807, 2.05) is 18.7 Å². The van der Waals surface area contributed by atoms with Gasteiger partial charge in [0.15, 0.2) is 5.75 Å². The van der Waals surface area contributed by atoms with Gasteiger partial charge >= 0.3 is 5.97 Å². The SMILES string of the molecule is Cc1c(Cl)c2c(Cl)c(C)c1-c1c(-c3ccc(F)cc3)sc3ncnc(c13)O[C@@H](C(=O)O)Cc1cc(ccc1OCc1ccnc(N3CCN(S(=O)(=O)CC4COCCO4)CC3)n1)OC[C@@H](CN1CCN(C)CC1)O2. The quantitative estimate of drug-likeness (QED) is 0.143. The number of thiophene rings is 1. The molecule has 3 aromatic carbocycles. The van der Waals surface area contributed by atoms with Gasteiger partial charge in [-0.3, -0.25) is 4.90 Å². The molecule has 74 heavy (non-hydrogen) atoms. The summed E-state index contributed by atoms with van der Waals surface area (Å²) in [4.78, 5) is 39.5. The summed E-state index contributed by atoms with van der Waals surface area (Å²) in [6, 6.07) is 13.0. The largest absolute Gasteiger partial charge is 0.490 e. The number of likely N-dealkylation sites (N-methyl/N-ethyl adjacent to an activating group) is 1. The van der Waals surface area contributed by atoms with Gasteiger partial charge in [-0.2, -0.15) is 4.31 Å². The number of fused-ring (bicyclic) bond motifs is 7. The average Bonchev–Trinajstić information content (AvgIpc) is 3.78. The summed E-state index contributed by atoms with van der Waals surface area (Å²) in [7, 11) is -1.49. The van der Waals surface area contributed by atoms with Crippen molar-refractivity contribution in [3.05, 3.63) is 99.3 Å². The zero-order chi connectivity index (χ0) is 51.7. The third-order valence-corrected chi connectivity index (χ3v) is 17.6. The first kappa shape index (κ1) is 52.0. The predicted molar refractivity (Wildman–Crippen MR) is 278 cm³/mol. The van der Waals surface area contributed by atoms with Crippen molar-refractivity contribution in [2.45, 2.75) is 45.2 Å². The lowest BCUT2D eigenvalue weighted by molar-refractivity contribution is -0.145. The molecule has 1 unspecified atom stereocenters. The second kappa shape index (κ2) is 22.4. The van der Waals surface area contributed by atoms with Gasteiger partial charge in [-0.1, -0.05) is 35.3 Å². The van der Waals surface area contributed by atoms with Crippen LogP contribution in [0.2, 0.25) is 10.0 Å². The lowest BCUT2D eigenvalue weighted by atomic mass is 9.92. The number of piperazine rings is 2. The van der Waals surface area contributed by atoms with Crippen molar-refractivity contribution in [2.24, 2.45) is 0 Å². The van der Waals surface area contributed by atoms with E-state index in [1.54, 1.807) is 42.6 Å². The van der Waals surface area contributed by atoms with Crippen LogP contribution in [0.3, 0.4) is 0 Å². The predicted octanol–water partition coefficient (Wildman–Crippen LogP) is 6.79. The summed E-state index contributed by atoms with van der Waals surface area (Å²) < 4.78 is 79.7. The van der Waals surface area contributed by atoms with E-state index in [-0.39, 0.29) is 61.0 Å². The molecule has 3 aromatic heterocycles. The minimum atomic E-state index is -3.58. The molecule has 5 aliphatic rings. The van der Waals surface area contributed by atoms with Crippen LogP contribution >= 0.6 is 34.5 Å².